The zero-order valence-corrected chi connectivity index (χ0v) is 19.5. The lowest BCUT2D eigenvalue weighted by Gasteiger charge is -2.24. The van der Waals surface area contributed by atoms with Crippen LogP contribution in [-0.2, 0) is 30.4 Å². The Morgan fingerprint density at radius 3 is 2.06 bits per heavy atom. The van der Waals surface area contributed by atoms with E-state index in [4.69, 9.17) is 17.2 Å². The standard InChI is InChI=1S/C22H34N6O7/c1-12(26-20(32)15(24)11-18(25)30)19(31)28-17(10-13-5-7-14(29)8-6-13)21(33)27-16(22(34)35)4-2-3-9-23/h5-8,12,15-17,29H,2-4,9-11,23-24H2,1H3,(H2,25,30)(H,26,32)(H,27,33)(H,28,31)(H,34,35). The monoisotopic (exact) mass is 494 g/mol. The Labute approximate surface area is 202 Å². The number of carboxylic acid groups (broad SMARTS) is 1. The van der Waals surface area contributed by atoms with Crippen molar-refractivity contribution >= 4 is 29.6 Å². The molecular formula is C22H34N6O7. The number of aliphatic carboxylic acids is 1. The fourth-order valence-corrected chi connectivity index (χ4v) is 3.09. The van der Waals surface area contributed by atoms with Gasteiger partial charge in [-0.2, -0.15) is 0 Å². The van der Waals surface area contributed by atoms with E-state index in [1.165, 1.54) is 19.1 Å². The summed E-state index contributed by atoms with van der Waals surface area (Å²) in [6.07, 6.45) is 0.795. The summed E-state index contributed by atoms with van der Waals surface area (Å²) in [7, 11) is 0. The number of primary amides is 1. The molecule has 11 N–H and O–H groups in total. The maximum Gasteiger partial charge on any atom is 0.326 e. The van der Waals surface area contributed by atoms with E-state index in [2.05, 4.69) is 16.0 Å². The molecule has 0 bridgehead atoms. The maximum atomic E-state index is 12.9. The van der Waals surface area contributed by atoms with Crippen LogP contribution in [0, 0.1) is 0 Å². The van der Waals surface area contributed by atoms with E-state index in [1.807, 2.05) is 0 Å². The highest BCUT2D eigenvalue weighted by molar-refractivity contribution is 5.94. The zero-order valence-electron chi connectivity index (χ0n) is 19.5. The second kappa shape index (κ2) is 14.5. The average Bonchev–Trinajstić information content (AvgIpc) is 2.78. The first kappa shape index (κ1) is 29.3. The third-order valence-corrected chi connectivity index (χ3v) is 5.08. The molecule has 13 nitrogen and oxygen atoms in total. The van der Waals surface area contributed by atoms with Crippen molar-refractivity contribution in [1.29, 1.82) is 0 Å². The molecule has 13 heteroatoms. The average molecular weight is 495 g/mol. The molecule has 4 amide bonds. The number of benzene rings is 1. The predicted molar refractivity (Wildman–Crippen MR) is 126 cm³/mol. The van der Waals surface area contributed by atoms with Gasteiger partial charge in [0.05, 0.1) is 12.5 Å². The van der Waals surface area contributed by atoms with Gasteiger partial charge in [0.25, 0.3) is 0 Å². The minimum absolute atomic E-state index is 0.00765. The number of hydrogen-bond acceptors (Lipinski definition) is 8. The molecule has 4 atom stereocenters. The van der Waals surface area contributed by atoms with Crippen LogP contribution in [0.4, 0.5) is 0 Å². The van der Waals surface area contributed by atoms with Crippen molar-refractivity contribution in [2.45, 2.75) is 63.2 Å². The van der Waals surface area contributed by atoms with Crippen LogP contribution in [-0.4, -0.2) is 70.5 Å². The number of rotatable bonds is 15. The Balaban J connectivity index is 2.96. The summed E-state index contributed by atoms with van der Waals surface area (Å²) in [5.41, 5.74) is 16.6. The van der Waals surface area contributed by atoms with Gasteiger partial charge in [-0.3, -0.25) is 19.2 Å². The summed E-state index contributed by atoms with van der Waals surface area (Å²) >= 11 is 0. The molecule has 0 heterocycles. The Morgan fingerprint density at radius 2 is 1.51 bits per heavy atom. The summed E-state index contributed by atoms with van der Waals surface area (Å²) in [4.78, 5) is 60.3. The lowest BCUT2D eigenvalue weighted by Crippen LogP contribution is -2.57. The third-order valence-electron chi connectivity index (χ3n) is 5.08. The first-order valence-corrected chi connectivity index (χ1v) is 11.1. The van der Waals surface area contributed by atoms with Gasteiger partial charge < -0.3 is 43.4 Å². The van der Waals surface area contributed by atoms with E-state index >= 15 is 0 Å². The molecule has 0 aliphatic carbocycles. The number of carbonyl (C=O) groups excluding carboxylic acids is 4. The van der Waals surface area contributed by atoms with Crippen LogP contribution in [0.3, 0.4) is 0 Å². The van der Waals surface area contributed by atoms with Gasteiger partial charge >= 0.3 is 5.97 Å². The van der Waals surface area contributed by atoms with Gasteiger partial charge in [-0.05, 0) is 50.4 Å². The number of aromatic hydroxyl groups is 1. The second-order valence-corrected chi connectivity index (χ2v) is 8.12. The SMILES string of the molecule is CC(NC(=O)C(N)CC(N)=O)C(=O)NC(Cc1ccc(O)cc1)C(=O)NC(CCCCN)C(=O)O. The number of amides is 4. The van der Waals surface area contributed by atoms with Crippen LogP contribution in [0.5, 0.6) is 5.75 Å². The number of phenols is 1. The number of phenolic OH excluding ortho intramolecular Hbond substituents is 1. The molecule has 0 aromatic heterocycles. The number of carboxylic acids is 1. The smallest absolute Gasteiger partial charge is 0.326 e. The molecule has 0 saturated carbocycles. The quantitative estimate of drug-likeness (QED) is 0.123. The summed E-state index contributed by atoms with van der Waals surface area (Å²) in [5, 5.41) is 26.2. The number of hydrogen-bond donors (Lipinski definition) is 8. The van der Waals surface area contributed by atoms with Crippen LogP contribution in [0.25, 0.3) is 0 Å². The minimum Gasteiger partial charge on any atom is -0.508 e. The molecule has 35 heavy (non-hydrogen) atoms. The van der Waals surface area contributed by atoms with Crippen molar-refractivity contribution in [2.75, 3.05) is 6.54 Å². The maximum absolute atomic E-state index is 12.9. The molecule has 1 aromatic rings. The molecule has 0 aliphatic rings. The summed E-state index contributed by atoms with van der Waals surface area (Å²) < 4.78 is 0. The molecule has 0 spiro atoms. The molecule has 0 fully saturated rings. The summed E-state index contributed by atoms with van der Waals surface area (Å²) in [6, 6.07) is 1.15. The van der Waals surface area contributed by atoms with E-state index in [9.17, 15) is 34.2 Å². The van der Waals surface area contributed by atoms with Crippen molar-refractivity contribution < 1.29 is 34.2 Å². The van der Waals surface area contributed by atoms with Crippen molar-refractivity contribution in [1.82, 2.24) is 16.0 Å². The lowest BCUT2D eigenvalue weighted by atomic mass is 10.0. The first-order chi connectivity index (χ1) is 16.4. The highest BCUT2D eigenvalue weighted by Crippen LogP contribution is 2.12. The topological polar surface area (TPSA) is 240 Å². The Kier molecular flexibility index (Phi) is 12.2. The van der Waals surface area contributed by atoms with E-state index < -0.39 is 60.2 Å². The molecule has 0 radical (unpaired) electrons. The second-order valence-electron chi connectivity index (χ2n) is 8.12. The van der Waals surface area contributed by atoms with Gasteiger partial charge in [0.15, 0.2) is 0 Å². The highest BCUT2D eigenvalue weighted by Gasteiger charge is 2.29. The normalized spacial score (nSPS) is 14.1. The van der Waals surface area contributed by atoms with Crippen molar-refractivity contribution in [3.8, 4) is 5.75 Å². The lowest BCUT2D eigenvalue weighted by molar-refractivity contribution is -0.142. The molecular weight excluding hydrogens is 460 g/mol. The van der Waals surface area contributed by atoms with Gasteiger partial charge in [-0.15, -0.1) is 0 Å². The molecule has 4 unspecified atom stereocenters. The van der Waals surface area contributed by atoms with Crippen LogP contribution in [0.1, 0.15) is 38.2 Å². The van der Waals surface area contributed by atoms with Gasteiger partial charge in [0.1, 0.15) is 23.9 Å². The van der Waals surface area contributed by atoms with Gasteiger partial charge in [0, 0.05) is 6.42 Å². The predicted octanol–water partition coefficient (Wildman–Crippen LogP) is -2.17. The third kappa shape index (κ3) is 10.8. The van der Waals surface area contributed by atoms with Crippen molar-refractivity contribution in [2.24, 2.45) is 17.2 Å². The van der Waals surface area contributed by atoms with E-state index in [0.717, 1.165) is 0 Å². The highest BCUT2D eigenvalue weighted by atomic mass is 16.4. The minimum atomic E-state index is -1.25. The van der Waals surface area contributed by atoms with E-state index in [1.54, 1.807) is 12.1 Å². The number of nitrogens with one attached hydrogen (secondary N) is 3. The van der Waals surface area contributed by atoms with Crippen molar-refractivity contribution in [3.05, 3.63) is 29.8 Å². The largest absolute Gasteiger partial charge is 0.508 e. The fourth-order valence-electron chi connectivity index (χ4n) is 3.09. The van der Waals surface area contributed by atoms with E-state index in [0.29, 0.717) is 24.9 Å². The van der Waals surface area contributed by atoms with E-state index in [-0.39, 0.29) is 18.6 Å². The Hall–Kier alpha value is -3.71. The molecule has 1 rings (SSSR count). The molecule has 1 aromatic carbocycles. The van der Waals surface area contributed by atoms with Crippen LogP contribution in [0.2, 0.25) is 0 Å². The zero-order chi connectivity index (χ0) is 26.5. The molecule has 194 valence electrons. The fraction of sp³-hybridized carbons (Fsp3) is 0.500. The van der Waals surface area contributed by atoms with Crippen LogP contribution in [0.15, 0.2) is 24.3 Å². The van der Waals surface area contributed by atoms with Gasteiger partial charge in [-0.25, -0.2) is 4.79 Å². The van der Waals surface area contributed by atoms with Crippen LogP contribution < -0.4 is 33.2 Å². The summed E-state index contributed by atoms with van der Waals surface area (Å²) in [6.45, 7) is 1.74. The molecule has 0 saturated heterocycles. The Bertz CT molecular complexity index is 893. The number of unbranched alkanes of at least 4 members (excludes halogenated alkanes) is 1. The van der Waals surface area contributed by atoms with Crippen LogP contribution >= 0.6 is 0 Å². The Morgan fingerprint density at radius 1 is 0.914 bits per heavy atom. The van der Waals surface area contributed by atoms with Gasteiger partial charge in [-0.1, -0.05) is 12.1 Å². The molecule has 0 aliphatic heterocycles. The number of carbonyl (C=O) groups is 5. The summed E-state index contributed by atoms with van der Waals surface area (Å²) in [5.74, 6) is -4.26. The van der Waals surface area contributed by atoms with Gasteiger partial charge in [0.2, 0.25) is 23.6 Å². The first-order valence-electron chi connectivity index (χ1n) is 11.1. The number of nitrogens with two attached hydrogens (primary N) is 3. The van der Waals surface area contributed by atoms with Crippen molar-refractivity contribution in [3.63, 3.8) is 0 Å².